The van der Waals surface area contributed by atoms with Gasteiger partial charge in [0.25, 0.3) is 0 Å². The molecule has 0 fully saturated rings. The lowest BCUT2D eigenvalue weighted by molar-refractivity contribution is 0.235. The molecule has 0 aromatic rings. The Labute approximate surface area is 62.9 Å². The molecule has 2 heteroatoms. The summed E-state index contributed by atoms with van der Waals surface area (Å²) >= 11 is 0. The number of hydrogen-bond acceptors (Lipinski definition) is 2. The predicted octanol–water partition coefficient (Wildman–Crippen LogP) is 0.780. The summed E-state index contributed by atoms with van der Waals surface area (Å²) in [4.78, 5) is 0. The number of allylic oxidation sites excluding steroid dienone is 1. The zero-order valence-corrected chi connectivity index (χ0v) is 6.80. The molecule has 0 aromatic carbocycles. The van der Waals surface area contributed by atoms with Crippen LogP contribution in [0.25, 0.3) is 0 Å². The minimum atomic E-state index is 0.267. The minimum Gasteiger partial charge on any atom is -0.396 e. The molecule has 1 unspecified atom stereocenters. The number of aliphatic hydroxyl groups is 1. The monoisotopic (exact) mass is 143 g/mol. The predicted molar refractivity (Wildman–Crippen MR) is 43.9 cm³/mol. The van der Waals surface area contributed by atoms with Crippen molar-refractivity contribution in [1.82, 2.24) is 5.32 Å². The number of hydrogen-bond donors (Lipinski definition) is 2. The van der Waals surface area contributed by atoms with E-state index in [4.69, 9.17) is 5.11 Å². The van der Waals surface area contributed by atoms with Gasteiger partial charge in [0.15, 0.2) is 0 Å². The molecular formula is C8H17NO. The molecule has 0 bridgehead atoms. The van der Waals surface area contributed by atoms with Crippen LogP contribution in [0.3, 0.4) is 0 Å². The average molecular weight is 143 g/mol. The van der Waals surface area contributed by atoms with Crippen molar-refractivity contribution < 1.29 is 5.11 Å². The van der Waals surface area contributed by atoms with E-state index in [-0.39, 0.29) is 6.61 Å². The summed E-state index contributed by atoms with van der Waals surface area (Å²) in [6.07, 6.45) is 4.07. The minimum absolute atomic E-state index is 0.267. The molecule has 0 aliphatic carbocycles. The summed E-state index contributed by atoms with van der Waals surface area (Å²) < 4.78 is 0. The summed E-state index contributed by atoms with van der Waals surface area (Å²) in [6, 6.07) is 0. The molecule has 2 nitrogen and oxygen atoms in total. The van der Waals surface area contributed by atoms with E-state index in [1.807, 2.05) is 19.9 Å². The smallest absolute Gasteiger partial charge is 0.0468 e. The molecule has 0 rings (SSSR count). The standard InChI is InChI=1S/C8H17NO/c1-3-4-5-9-6-8(2)7-10/h3-4,8-10H,5-7H2,1-2H3/b4-3+. The van der Waals surface area contributed by atoms with E-state index in [1.54, 1.807) is 0 Å². The van der Waals surface area contributed by atoms with Crippen LogP contribution in [-0.2, 0) is 0 Å². The Balaban J connectivity index is 3.03. The lowest BCUT2D eigenvalue weighted by Gasteiger charge is -2.06. The van der Waals surface area contributed by atoms with Gasteiger partial charge >= 0.3 is 0 Å². The summed E-state index contributed by atoms with van der Waals surface area (Å²) in [5.41, 5.74) is 0. The van der Waals surface area contributed by atoms with Crippen LogP contribution in [-0.4, -0.2) is 24.8 Å². The summed E-state index contributed by atoms with van der Waals surface area (Å²) in [6.45, 7) is 6.07. The molecule has 0 aliphatic rings. The molecule has 0 amide bonds. The molecule has 0 radical (unpaired) electrons. The zero-order valence-electron chi connectivity index (χ0n) is 6.80. The van der Waals surface area contributed by atoms with E-state index in [2.05, 4.69) is 11.4 Å². The molecule has 60 valence electrons. The Morgan fingerprint density at radius 1 is 1.60 bits per heavy atom. The fraction of sp³-hybridized carbons (Fsp3) is 0.750. The number of nitrogens with one attached hydrogen (secondary N) is 1. The van der Waals surface area contributed by atoms with Crippen LogP contribution in [0.5, 0.6) is 0 Å². The Kier molecular flexibility index (Phi) is 6.55. The third kappa shape index (κ3) is 5.79. The van der Waals surface area contributed by atoms with Crippen molar-refractivity contribution in [2.45, 2.75) is 13.8 Å². The third-order valence-corrected chi connectivity index (χ3v) is 1.30. The summed E-state index contributed by atoms with van der Waals surface area (Å²) in [5, 5.41) is 11.8. The van der Waals surface area contributed by atoms with Gasteiger partial charge in [0.2, 0.25) is 0 Å². The number of aliphatic hydroxyl groups excluding tert-OH is 1. The molecular weight excluding hydrogens is 126 g/mol. The van der Waals surface area contributed by atoms with E-state index >= 15 is 0 Å². The molecule has 0 heterocycles. The average Bonchev–Trinajstić information content (AvgIpc) is 1.98. The van der Waals surface area contributed by atoms with Crippen LogP contribution in [0.2, 0.25) is 0 Å². The molecule has 0 spiro atoms. The van der Waals surface area contributed by atoms with Crippen molar-refractivity contribution in [1.29, 1.82) is 0 Å². The van der Waals surface area contributed by atoms with E-state index < -0.39 is 0 Å². The quantitative estimate of drug-likeness (QED) is 0.440. The van der Waals surface area contributed by atoms with E-state index in [1.165, 1.54) is 0 Å². The van der Waals surface area contributed by atoms with Crippen LogP contribution >= 0.6 is 0 Å². The molecule has 0 aliphatic heterocycles. The molecule has 1 atom stereocenters. The first-order valence-electron chi connectivity index (χ1n) is 3.74. The third-order valence-electron chi connectivity index (χ3n) is 1.30. The maximum atomic E-state index is 8.63. The van der Waals surface area contributed by atoms with Gasteiger partial charge in [-0.05, 0) is 12.8 Å². The van der Waals surface area contributed by atoms with Crippen LogP contribution < -0.4 is 5.32 Å². The van der Waals surface area contributed by atoms with Crippen molar-refractivity contribution in [3.63, 3.8) is 0 Å². The second kappa shape index (κ2) is 6.78. The van der Waals surface area contributed by atoms with Gasteiger partial charge in [-0.15, -0.1) is 0 Å². The Bertz CT molecular complexity index is 91.3. The Morgan fingerprint density at radius 3 is 2.80 bits per heavy atom. The maximum Gasteiger partial charge on any atom is 0.0468 e. The lowest BCUT2D eigenvalue weighted by Crippen LogP contribution is -2.23. The number of rotatable bonds is 5. The molecule has 10 heavy (non-hydrogen) atoms. The highest BCUT2D eigenvalue weighted by atomic mass is 16.3. The Hall–Kier alpha value is -0.340. The van der Waals surface area contributed by atoms with Crippen molar-refractivity contribution in [3.8, 4) is 0 Å². The molecule has 2 N–H and O–H groups in total. The van der Waals surface area contributed by atoms with Crippen LogP contribution in [0.1, 0.15) is 13.8 Å². The van der Waals surface area contributed by atoms with Gasteiger partial charge in [0.1, 0.15) is 0 Å². The highest BCUT2D eigenvalue weighted by molar-refractivity contribution is 4.79. The molecule has 0 saturated heterocycles. The zero-order chi connectivity index (χ0) is 7.82. The highest BCUT2D eigenvalue weighted by Gasteiger charge is 1.95. The normalized spacial score (nSPS) is 14.3. The van der Waals surface area contributed by atoms with Crippen molar-refractivity contribution in [2.75, 3.05) is 19.7 Å². The van der Waals surface area contributed by atoms with Crippen molar-refractivity contribution in [3.05, 3.63) is 12.2 Å². The van der Waals surface area contributed by atoms with Gasteiger partial charge in [-0.3, -0.25) is 0 Å². The maximum absolute atomic E-state index is 8.63. The van der Waals surface area contributed by atoms with Gasteiger partial charge in [0, 0.05) is 19.7 Å². The Morgan fingerprint density at radius 2 is 2.30 bits per heavy atom. The molecule has 0 saturated carbocycles. The SMILES string of the molecule is C/C=C/CNCC(C)CO. The van der Waals surface area contributed by atoms with E-state index in [9.17, 15) is 0 Å². The van der Waals surface area contributed by atoms with Crippen LogP contribution in [0.4, 0.5) is 0 Å². The second-order valence-corrected chi connectivity index (χ2v) is 2.52. The van der Waals surface area contributed by atoms with E-state index in [0.29, 0.717) is 5.92 Å². The van der Waals surface area contributed by atoms with Crippen LogP contribution in [0.15, 0.2) is 12.2 Å². The molecule has 0 aromatic heterocycles. The van der Waals surface area contributed by atoms with Crippen molar-refractivity contribution in [2.24, 2.45) is 5.92 Å². The fourth-order valence-electron chi connectivity index (χ4n) is 0.595. The summed E-state index contributed by atoms with van der Waals surface area (Å²) in [7, 11) is 0. The fourth-order valence-corrected chi connectivity index (χ4v) is 0.595. The van der Waals surface area contributed by atoms with Crippen LogP contribution in [0, 0.1) is 5.92 Å². The summed E-state index contributed by atoms with van der Waals surface area (Å²) in [5.74, 6) is 0.366. The van der Waals surface area contributed by atoms with E-state index in [0.717, 1.165) is 13.1 Å². The van der Waals surface area contributed by atoms with Gasteiger partial charge in [0.05, 0.1) is 0 Å². The van der Waals surface area contributed by atoms with Gasteiger partial charge in [-0.1, -0.05) is 19.1 Å². The first kappa shape index (κ1) is 9.66. The topological polar surface area (TPSA) is 32.3 Å². The van der Waals surface area contributed by atoms with Gasteiger partial charge in [-0.2, -0.15) is 0 Å². The van der Waals surface area contributed by atoms with Gasteiger partial charge < -0.3 is 10.4 Å². The van der Waals surface area contributed by atoms with Gasteiger partial charge in [-0.25, -0.2) is 0 Å². The van der Waals surface area contributed by atoms with Crippen molar-refractivity contribution >= 4 is 0 Å². The largest absolute Gasteiger partial charge is 0.396 e. The second-order valence-electron chi connectivity index (χ2n) is 2.52. The lowest BCUT2D eigenvalue weighted by atomic mass is 10.2. The first-order valence-corrected chi connectivity index (χ1v) is 3.74. The first-order chi connectivity index (χ1) is 4.81. The highest BCUT2D eigenvalue weighted by Crippen LogP contribution is 1.87.